The van der Waals surface area contributed by atoms with Crippen LogP contribution in [0.2, 0.25) is 0 Å². The summed E-state index contributed by atoms with van der Waals surface area (Å²) in [7, 11) is 3.11. The standard InChI is InChI=1S/C18H19BrN2O4/c1-12-6-4-5-7-15(12)25-11-17(22)21-20-10-13-8-14(19)18(24-3)16(9-13)23-2/h4-10H,11H2,1-3H3,(H,21,22)/b20-10+. The Morgan fingerprint density at radius 2 is 1.96 bits per heavy atom. The van der Waals surface area contributed by atoms with Crippen LogP contribution >= 0.6 is 15.9 Å². The number of ether oxygens (including phenoxy) is 3. The molecule has 0 atom stereocenters. The van der Waals surface area contributed by atoms with Crippen molar-refractivity contribution in [2.24, 2.45) is 5.10 Å². The monoisotopic (exact) mass is 406 g/mol. The second-order valence-corrected chi connectivity index (χ2v) is 5.94. The number of benzene rings is 2. The third-order valence-corrected chi connectivity index (χ3v) is 3.90. The van der Waals surface area contributed by atoms with Crippen molar-refractivity contribution in [3.63, 3.8) is 0 Å². The minimum atomic E-state index is -0.348. The molecule has 0 aromatic heterocycles. The van der Waals surface area contributed by atoms with Crippen molar-refractivity contribution in [2.45, 2.75) is 6.92 Å². The molecule has 2 rings (SSSR count). The number of methoxy groups -OCH3 is 2. The maximum Gasteiger partial charge on any atom is 0.277 e. The molecule has 0 saturated carbocycles. The molecule has 6 nitrogen and oxygen atoms in total. The Hall–Kier alpha value is -2.54. The first-order valence-corrected chi connectivity index (χ1v) is 8.26. The molecule has 132 valence electrons. The third kappa shape index (κ3) is 5.22. The molecule has 0 aliphatic heterocycles. The second kappa shape index (κ2) is 9.08. The lowest BCUT2D eigenvalue weighted by Gasteiger charge is -2.10. The van der Waals surface area contributed by atoms with Gasteiger partial charge in [-0.05, 0) is 52.2 Å². The Labute approximate surface area is 154 Å². The molecule has 0 unspecified atom stereocenters. The van der Waals surface area contributed by atoms with E-state index in [-0.39, 0.29) is 12.5 Å². The number of carbonyl (C=O) groups excluding carboxylic acids is 1. The average Bonchev–Trinajstić information content (AvgIpc) is 2.60. The van der Waals surface area contributed by atoms with Gasteiger partial charge in [0.1, 0.15) is 5.75 Å². The molecule has 2 aromatic carbocycles. The van der Waals surface area contributed by atoms with Crippen molar-refractivity contribution in [1.82, 2.24) is 5.43 Å². The first-order valence-electron chi connectivity index (χ1n) is 7.47. The van der Waals surface area contributed by atoms with Crippen molar-refractivity contribution in [2.75, 3.05) is 20.8 Å². The number of hydrogen-bond donors (Lipinski definition) is 1. The molecule has 7 heteroatoms. The second-order valence-electron chi connectivity index (χ2n) is 5.09. The number of hydrogen-bond acceptors (Lipinski definition) is 5. The zero-order chi connectivity index (χ0) is 18.2. The number of nitrogens with one attached hydrogen (secondary N) is 1. The van der Waals surface area contributed by atoms with Crippen LogP contribution in [-0.2, 0) is 4.79 Å². The first-order chi connectivity index (χ1) is 12.0. The van der Waals surface area contributed by atoms with Crippen molar-refractivity contribution in [3.05, 3.63) is 52.0 Å². The van der Waals surface area contributed by atoms with E-state index in [0.717, 1.165) is 15.6 Å². The molecule has 0 fully saturated rings. The molecular weight excluding hydrogens is 388 g/mol. The Morgan fingerprint density at radius 3 is 2.64 bits per heavy atom. The zero-order valence-electron chi connectivity index (χ0n) is 14.2. The van der Waals surface area contributed by atoms with Crippen LogP contribution in [0.1, 0.15) is 11.1 Å². The minimum Gasteiger partial charge on any atom is -0.493 e. The maximum atomic E-state index is 11.8. The van der Waals surface area contributed by atoms with E-state index in [9.17, 15) is 4.79 Å². The number of carbonyl (C=O) groups is 1. The highest BCUT2D eigenvalue weighted by atomic mass is 79.9. The van der Waals surface area contributed by atoms with Gasteiger partial charge in [-0.25, -0.2) is 5.43 Å². The van der Waals surface area contributed by atoms with Gasteiger partial charge in [0, 0.05) is 0 Å². The highest BCUT2D eigenvalue weighted by Crippen LogP contribution is 2.35. The lowest BCUT2D eigenvalue weighted by molar-refractivity contribution is -0.123. The van der Waals surface area contributed by atoms with E-state index in [4.69, 9.17) is 14.2 Å². The quantitative estimate of drug-likeness (QED) is 0.565. The number of aryl methyl sites for hydroxylation is 1. The van der Waals surface area contributed by atoms with E-state index in [2.05, 4.69) is 26.5 Å². The van der Waals surface area contributed by atoms with Crippen LogP contribution in [0.4, 0.5) is 0 Å². The van der Waals surface area contributed by atoms with Crippen LogP contribution in [0.5, 0.6) is 17.2 Å². The summed E-state index contributed by atoms with van der Waals surface area (Å²) in [4.78, 5) is 11.8. The van der Waals surface area contributed by atoms with Gasteiger partial charge in [-0.1, -0.05) is 18.2 Å². The van der Waals surface area contributed by atoms with Gasteiger partial charge in [0.05, 0.1) is 24.9 Å². The fourth-order valence-electron chi connectivity index (χ4n) is 2.09. The summed E-state index contributed by atoms with van der Waals surface area (Å²) in [6, 6.07) is 11.1. The van der Waals surface area contributed by atoms with Crippen LogP contribution in [0.3, 0.4) is 0 Å². The molecule has 25 heavy (non-hydrogen) atoms. The van der Waals surface area contributed by atoms with Gasteiger partial charge in [-0.3, -0.25) is 4.79 Å². The van der Waals surface area contributed by atoms with E-state index in [1.54, 1.807) is 26.4 Å². The van der Waals surface area contributed by atoms with Crippen LogP contribution in [-0.4, -0.2) is 32.9 Å². The molecular formula is C18H19BrN2O4. The molecule has 0 aliphatic carbocycles. The first kappa shape index (κ1) is 18.8. The topological polar surface area (TPSA) is 69.2 Å². The van der Waals surface area contributed by atoms with Crippen LogP contribution in [0.25, 0.3) is 0 Å². The molecule has 0 saturated heterocycles. The Bertz CT molecular complexity index is 778. The minimum absolute atomic E-state index is 0.113. The van der Waals surface area contributed by atoms with Gasteiger partial charge in [0.2, 0.25) is 0 Å². The van der Waals surface area contributed by atoms with Gasteiger partial charge in [0.15, 0.2) is 18.1 Å². The van der Waals surface area contributed by atoms with Gasteiger partial charge < -0.3 is 14.2 Å². The van der Waals surface area contributed by atoms with Crippen molar-refractivity contribution in [1.29, 1.82) is 0 Å². The van der Waals surface area contributed by atoms with Gasteiger partial charge >= 0.3 is 0 Å². The van der Waals surface area contributed by atoms with E-state index in [1.807, 2.05) is 31.2 Å². The maximum absolute atomic E-state index is 11.8. The molecule has 0 bridgehead atoms. The smallest absolute Gasteiger partial charge is 0.277 e. The zero-order valence-corrected chi connectivity index (χ0v) is 15.8. The highest BCUT2D eigenvalue weighted by molar-refractivity contribution is 9.10. The summed E-state index contributed by atoms with van der Waals surface area (Å²) in [6.07, 6.45) is 1.51. The lowest BCUT2D eigenvalue weighted by Crippen LogP contribution is -2.24. The van der Waals surface area contributed by atoms with E-state index in [1.165, 1.54) is 6.21 Å². The van der Waals surface area contributed by atoms with Crippen molar-refractivity contribution in [3.8, 4) is 17.2 Å². The molecule has 0 heterocycles. The van der Waals surface area contributed by atoms with E-state index < -0.39 is 0 Å². The van der Waals surface area contributed by atoms with Crippen LogP contribution < -0.4 is 19.6 Å². The average molecular weight is 407 g/mol. The molecule has 0 aliphatic rings. The molecule has 1 amide bonds. The fourth-order valence-corrected chi connectivity index (χ4v) is 2.71. The molecule has 0 radical (unpaired) electrons. The largest absolute Gasteiger partial charge is 0.493 e. The fraction of sp³-hybridized carbons (Fsp3) is 0.222. The van der Waals surface area contributed by atoms with Crippen LogP contribution in [0, 0.1) is 6.92 Å². The van der Waals surface area contributed by atoms with Gasteiger partial charge in [0.25, 0.3) is 5.91 Å². The van der Waals surface area contributed by atoms with Crippen LogP contribution in [0.15, 0.2) is 46.0 Å². The van der Waals surface area contributed by atoms with Crippen molar-refractivity contribution < 1.29 is 19.0 Å². The predicted octanol–water partition coefficient (Wildman–Crippen LogP) is 3.30. The Morgan fingerprint density at radius 1 is 1.20 bits per heavy atom. The van der Waals surface area contributed by atoms with Crippen molar-refractivity contribution >= 4 is 28.1 Å². The van der Waals surface area contributed by atoms with E-state index in [0.29, 0.717) is 17.2 Å². The summed E-state index contributed by atoms with van der Waals surface area (Å²) in [6.45, 7) is 1.80. The SMILES string of the molecule is COc1cc(/C=N/NC(=O)COc2ccccc2C)cc(Br)c1OC. The number of hydrazone groups is 1. The Kier molecular flexibility index (Phi) is 6.82. The number of amides is 1. The number of rotatable bonds is 7. The third-order valence-electron chi connectivity index (χ3n) is 3.31. The highest BCUT2D eigenvalue weighted by Gasteiger charge is 2.09. The summed E-state index contributed by atoms with van der Waals surface area (Å²) in [5, 5.41) is 3.93. The summed E-state index contributed by atoms with van der Waals surface area (Å²) in [5.41, 5.74) is 4.13. The summed E-state index contributed by atoms with van der Waals surface area (Å²) in [5.74, 6) is 1.48. The number of para-hydroxylation sites is 1. The molecule has 0 spiro atoms. The number of halogens is 1. The van der Waals surface area contributed by atoms with Gasteiger partial charge in [-0.2, -0.15) is 5.10 Å². The lowest BCUT2D eigenvalue weighted by atomic mass is 10.2. The van der Waals surface area contributed by atoms with Gasteiger partial charge in [-0.15, -0.1) is 0 Å². The Balaban J connectivity index is 1.93. The van der Waals surface area contributed by atoms with E-state index >= 15 is 0 Å². The summed E-state index contributed by atoms with van der Waals surface area (Å²) < 4.78 is 16.7. The predicted molar refractivity (Wildman–Crippen MR) is 99.7 cm³/mol. The molecule has 1 N–H and O–H groups in total. The summed E-state index contributed by atoms with van der Waals surface area (Å²) >= 11 is 3.40. The number of nitrogens with zero attached hydrogens (tertiary/aromatic N) is 1. The normalized spacial score (nSPS) is 10.6. The molecule has 2 aromatic rings.